The van der Waals surface area contributed by atoms with Crippen LogP contribution in [-0.2, 0) is 9.47 Å². The summed E-state index contributed by atoms with van der Waals surface area (Å²) in [6.45, 7) is 15.8. The molecular formula is C32H56N2O4. The molecule has 1 aromatic carbocycles. The van der Waals surface area contributed by atoms with Crippen LogP contribution in [0.25, 0.3) is 0 Å². The van der Waals surface area contributed by atoms with Crippen LogP contribution in [0.5, 0.6) is 0 Å². The third kappa shape index (κ3) is 16.1. The van der Waals surface area contributed by atoms with Crippen LogP contribution < -0.4 is 0 Å². The monoisotopic (exact) mass is 532 g/mol. The fourth-order valence-corrected chi connectivity index (χ4v) is 4.55. The molecule has 0 fully saturated rings. The van der Waals surface area contributed by atoms with Crippen molar-refractivity contribution in [3.63, 3.8) is 0 Å². The van der Waals surface area contributed by atoms with E-state index in [2.05, 4.69) is 37.5 Å². The molecule has 0 bridgehead atoms. The molecule has 38 heavy (non-hydrogen) atoms. The van der Waals surface area contributed by atoms with Gasteiger partial charge in [0.1, 0.15) is 0 Å². The van der Waals surface area contributed by atoms with Gasteiger partial charge in [-0.25, -0.2) is 9.59 Å². The maximum absolute atomic E-state index is 12.4. The number of nitrogens with zero attached hydrogens (tertiary/aromatic N) is 2. The van der Waals surface area contributed by atoms with Crippen molar-refractivity contribution in [2.24, 2.45) is 0 Å². The molecule has 0 radical (unpaired) electrons. The van der Waals surface area contributed by atoms with Crippen LogP contribution in [0.1, 0.15) is 125 Å². The normalized spacial score (nSPS) is 11.3. The summed E-state index contributed by atoms with van der Waals surface area (Å²) in [5.74, 6) is -0.691. The third-order valence-corrected chi connectivity index (χ3v) is 7.11. The minimum Gasteiger partial charge on any atom is -0.462 e. The minimum absolute atomic E-state index is 0.345. The highest BCUT2D eigenvalue weighted by Gasteiger charge is 2.12. The van der Waals surface area contributed by atoms with Gasteiger partial charge in [0.15, 0.2) is 0 Å². The number of hydrogen-bond donors (Lipinski definition) is 0. The maximum Gasteiger partial charge on any atom is 0.338 e. The number of rotatable bonds is 24. The van der Waals surface area contributed by atoms with E-state index in [9.17, 15) is 9.59 Å². The number of ether oxygens (including phenoxy) is 2. The van der Waals surface area contributed by atoms with Gasteiger partial charge in [0.2, 0.25) is 0 Å². The van der Waals surface area contributed by atoms with Gasteiger partial charge in [-0.1, -0.05) is 79.1 Å². The summed E-state index contributed by atoms with van der Waals surface area (Å²) in [6.07, 6.45) is 14.5. The van der Waals surface area contributed by atoms with Crippen molar-refractivity contribution >= 4 is 11.9 Å². The van der Waals surface area contributed by atoms with Crippen LogP contribution in [0.3, 0.4) is 0 Å². The fraction of sp³-hybridized carbons (Fsp3) is 0.750. The van der Waals surface area contributed by atoms with Crippen molar-refractivity contribution in [2.45, 2.75) is 105 Å². The summed E-state index contributed by atoms with van der Waals surface area (Å²) in [5.41, 5.74) is 0.921. The van der Waals surface area contributed by atoms with E-state index in [1.807, 2.05) is 0 Å². The Labute approximate surface area is 233 Å². The lowest BCUT2D eigenvalue weighted by atomic mass is 10.1. The number of esters is 2. The topological polar surface area (TPSA) is 59.1 Å². The number of benzene rings is 1. The molecule has 218 valence electrons. The minimum atomic E-state index is -0.345. The van der Waals surface area contributed by atoms with E-state index in [-0.39, 0.29) is 11.9 Å². The van der Waals surface area contributed by atoms with Crippen LogP contribution in [-0.4, -0.2) is 74.2 Å². The molecule has 0 aliphatic heterocycles. The number of hydrogen-bond acceptors (Lipinski definition) is 6. The van der Waals surface area contributed by atoms with E-state index in [0.717, 1.165) is 52.1 Å². The van der Waals surface area contributed by atoms with E-state index < -0.39 is 0 Å². The SMILES string of the molecule is CCCCCCCN(CC)CCCOC(=O)c1ccc(C(=O)OCCCN(CC)CCCCCCC)cc1. The van der Waals surface area contributed by atoms with Crippen LogP contribution >= 0.6 is 0 Å². The van der Waals surface area contributed by atoms with Gasteiger partial charge in [0, 0.05) is 13.1 Å². The molecule has 1 rings (SSSR count). The maximum atomic E-state index is 12.4. The first-order valence-corrected chi connectivity index (χ1v) is 15.4. The molecule has 0 aromatic heterocycles. The molecule has 0 saturated carbocycles. The molecule has 0 saturated heterocycles. The van der Waals surface area contributed by atoms with Gasteiger partial charge in [-0.05, 0) is 76.1 Å². The summed E-state index contributed by atoms with van der Waals surface area (Å²) in [6, 6.07) is 6.58. The Morgan fingerprint density at radius 3 is 1.21 bits per heavy atom. The Kier molecular flexibility index (Phi) is 20.7. The number of carbonyl (C=O) groups excluding carboxylic acids is 2. The van der Waals surface area contributed by atoms with E-state index in [4.69, 9.17) is 9.47 Å². The van der Waals surface area contributed by atoms with Gasteiger partial charge in [-0.2, -0.15) is 0 Å². The van der Waals surface area contributed by atoms with E-state index in [0.29, 0.717) is 24.3 Å². The molecule has 0 atom stereocenters. The van der Waals surface area contributed by atoms with Crippen molar-refractivity contribution in [1.29, 1.82) is 0 Å². The quantitative estimate of drug-likeness (QED) is 0.102. The highest BCUT2D eigenvalue weighted by Crippen LogP contribution is 2.10. The van der Waals surface area contributed by atoms with Crippen LogP contribution in [0.15, 0.2) is 24.3 Å². The van der Waals surface area contributed by atoms with Gasteiger partial charge in [-0.3, -0.25) is 0 Å². The molecular weight excluding hydrogens is 476 g/mol. The largest absolute Gasteiger partial charge is 0.462 e. The smallest absolute Gasteiger partial charge is 0.338 e. The molecule has 0 N–H and O–H groups in total. The molecule has 0 amide bonds. The summed E-state index contributed by atoms with van der Waals surface area (Å²) >= 11 is 0. The predicted octanol–water partition coefficient (Wildman–Crippen LogP) is 7.37. The molecule has 6 heteroatoms. The fourth-order valence-electron chi connectivity index (χ4n) is 4.55. The highest BCUT2D eigenvalue weighted by molar-refractivity contribution is 5.93. The zero-order valence-electron chi connectivity index (χ0n) is 25.0. The molecule has 1 aromatic rings. The second-order valence-electron chi connectivity index (χ2n) is 10.3. The Morgan fingerprint density at radius 1 is 0.526 bits per heavy atom. The zero-order chi connectivity index (χ0) is 27.8. The first kappa shape index (κ1) is 34.1. The molecule has 0 aliphatic rings. The van der Waals surface area contributed by atoms with Gasteiger partial charge in [-0.15, -0.1) is 0 Å². The summed E-state index contributed by atoms with van der Waals surface area (Å²) in [5, 5.41) is 0. The van der Waals surface area contributed by atoms with E-state index in [1.165, 1.54) is 64.2 Å². The lowest BCUT2D eigenvalue weighted by Gasteiger charge is -2.20. The van der Waals surface area contributed by atoms with E-state index >= 15 is 0 Å². The lowest BCUT2D eigenvalue weighted by Crippen LogP contribution is -2.27. The van der Waals surface area contributed by atoms with Crippen molar-refractivity contribution in [3.05, 3.63) is 35.4 Å². The summed E-state index contributed by atoms with van der Waals surface area (Å²) < 4.78 is 10.9. The molecule has 0 unspecified atom stereocenters. The first-order valence-electron chi connectivity index (χ1n) is 15.4. The van der Waals surface area contributed by atoms with Crippen molar-refractivity contribution in [2.75, 3.05) is 52.5 Å². The first-order chi connectivity index (χ1) is 18.5. The van der Waals surface area contributed by atoms with Gasteiger partial charge >= 0.3 is 11.9 Å². The zero-order valence-corrected chi connectivity index (χ0v) is 25.0. The van der Waals surface area contributed by atoms with Crippen molar-refractivity contribution in [3.8, 4) is 0 Å². The van der Waals surface area contributed by atoms with Gasteiger partial charge in [0.05, 0.1) is 24.3 Å². The average Bonchev–Trinajstić information content (AvgIpc) is 2.94. The van der Waals surface area contributed by atoms with Crippen LogP contribution in [0.4, 0.5) is 0 Å². The molecule has 6 nitrogen and oxygen atoms in total. The average molecular weight is 533 g/mol. The summed E-state index contributed by atoms with van der Waals surface area (Å²) in [7, 11) is 0. The second kappa shape index (κ2) is 23.0. The van der Waals surface area contributed by atoms with Crippen LogP contribution in [0.2, 0.25) is 0 Å². The third-order valence-electron chi connectivity index (χ3n) is 7.11. The van der Waals surface area contributed by atoms with Crippen LogP contribution in [0, 0.1) is 0 Å². The molecule has 0 heterocycles. The molecule has 0 aliphatic carbocycles. The van der Waals surface area contributed by atoms with E-state index in [1.54, 1.807) is 24.3 Å². The Bertz CT molecular complexity index is 662. The lowest BCUT2D eigenvalue weighted by molar-refractivity contribution is 0.0474. The van der Waals surface area contributed by atoms with Gasteiger partial charge in [0.25, 0.3) is 0 Å². The summed E-state index contributed by atoms with van der Waals surface area (Å²) in [4.78, 5) is 29.6. The Morgan fingerprint density at radius 2 is 0.868 bits per heavy atom. The highest BCUT2D eigenvalue weighted by atomic mass is 16.5. The number of unbranched alkanes of at least 4 members (excludes halogenated alkanes) is 8. The van der Waals surface area contributed by atoms with Gasteiger partial charge < -0.3 is 19.3 Å². The molecule has 0 spiro atoms. The predicted molar refractivity (Wildman–Crippen MR) is 158 cm³/mol. The Hall–Kier alpha value is -1.92. The number of carbonyl (C=O) groups is 2. The standard InChI is InChI=1S/C32H56N2O4/c1-5-9-11-13-15-23-33(7-3)25-17-27-37-31(35)29-19-21-30(22-20-29)32(36)38-28-18-26-34(8-4)24-16-14-12-10-6-2/h19-22H,5-18,23-28H2,1-4H3. The second-order valence-corrected chi connectivity index (χ2v) is 10.3. The van der Waals surface area contributed by atoms with Crippen molar-refractivity contribution < 1.29 is 19.1 Å². The Balaban J connectivity index is 2.25. The van der Waals surface area contributed by atoms with Crippen molar-refractivity contribution in [1.82, 2.24) is 9.80 Å².